The number of rotatable bonds is 9. The van der Waals surface area contributed by atoms with Gasteiger partial charge < -0.3 is 30.4 Å². The summed E-state index contributed by atoms with van der Waals surface area (Å²) in [5.74, 6) is 2.72. The SMILES string of the molecule is COc1ccc(OC2CC3(CC(NC(=O)c4cnn5c(C6CC6)c(OCC(C)(C)O)ccc45)C3)C2)cc1.NC=O. The molecule has 40 heavy (non-hydrogen) atoms. The van der Waals surface area contributed by atoms with Crippen molar-refractivity contribution >= 4 is 17.8 Å². The summed E-state index contributed by atoms with van der Waals surface area (Å²) in [6.07, 6.45) is 8.33. The third-order valence-corrected chi connectivity index (χ3v) is 7.85. The lowest BCUT2D eigenvalue weighted by atomic mass is 9.53. The number of methoxy groups -OCH3 is 1. The fourth-order valence-electron chi connectivity index (χ4n) is 5.86. The number of ether oxygens (including phenoxy) is 3. The fraction of sp³-hybridized carbons (Fsp3) is 0.500. The molecule has 0 radical (unpaired) electrons. The molecule has 2 amide bonds. The van der Waals surface area contributed by atoms with Crippen molar-refractivity contribution in [1.29, 1.82) is 0 Å². The topological polar surface area (TPSA) is 137 Å². The van der Waals surface area contributed by atoms with Crippen molar-refractivity contribution < 1.29 is 28.9 Å². The van der Waals surface area contributed by atoms with Gasteiger partial charge >= 0.3 is 0 Å². The maximum absolute atomic E-state index is 13.2. The molecule has 3 fully saturated rings. The van der Waals surface area contributed by atoms with Crippen molar-refractivity contribution in [3.63, 3.8) is 0 Å². The fourth-order valence-corrected chi connectivity index (χ4v) is 5.86. The van der Waals surface area contributed by atoms with Crippen molar-refractivity contribution in [1.82, 2.24) is 14.9 Å². The van der Waals surface area contributed by atoms with Gasteiger partial charge in [-0.2, -0.15) is 5.10 Å². The molecule has 3 aromatic rings. The number of aromatic nitrogens is 2. The molecule has 4 N–H and O–H groups in total. The molecule has 0 unspecified atom stereocenters. The Morgan fingerprint density at radius 1 is 1.15 bits per heavy atom. The molecule has 0 atom stereocenters. The van der Waals surface area contributed by atoms with Crippen LogP contribution in [0.3, 0.4) is 0 Å². The molecule has 214 valence electrons. The molecule has 3 aliphatic rings. The van der Waals surface area contributed by atoms with E-state index in [1.165, 1.54) is 0 Å². The first-order chi connectivity index (χ1) is 19.1. The van der Waals surface area contributed by atoms with E-state index in [9.17, 15) is 9.90 Å². The number of primary amides is 1. The van der Waals surface area contributed by atoms with Crippen LogP contribution in [0.5, 0.6) is 17.2 Å². The van der Waals surface area contributed by atoms with Crippen LogP contribution in [-0.4, -0.2) is 58.5 Å². The second-order valence-corrected chi connectivity index (χ2v) is 11.9. The van der Waals surface area contributed by atoms with Gasteiger partial charge in [0.1, 0.15) is 23.9 Å². The normalized spacial score (nSPS) is 23.3. The molecule has 3 aliphatic carbocycles. The van der Waals surface area contributed by atoms with Crippen LogP contribution < -0.4 is 25.3 Å². The monoisotopic (exact) mass is 550 g/mol. The van der Waals surface area contributed by atoms with E-state index in [4.69, 9.17) is 19.0 Å². The lowest BCUT2D eigenvalue weighted by Crippen LogP contribution is -2.58. The second-order valence-electron chi connectivity index (χ2n) is 11.9. The molecule has 6 rings (SSSR count). The lowest BCUT2D eigenvalue weighted by molar-refractivity contribution is -0.106. The summed E-state index contributed by atoms with van der Waals surface area (Å²) in [6.45, 7) is 3.64. The molecule has 3 saturated carbocycles. The van der Waals surface area contributed by atoms with Gasteiger partial charge in [-0.15, -0.1) is 0 Å². The number of nitrogens with zero attached hydrogens (tertiary/aromatic N) is 2. The van der Waals surface area contributed by atoms with E-state index in [0.29, 0.717) is 16.9 Å². The minimum Gasteiger partial charge on any atom is -0.497 e. The largest absolute Gasteiger partial charge is 0.497 e. The minimum absolute atomic E-state index is 0.0767. The Hall–Kier alpha value is -3.79. The lowest BCUT2D eigenvalue weighted by Gasteiger charge is -2.57. The van der Waals surface area contributed by atoms with E-state index in [1.54, 1.807) is 27.2 Å². The van der Waals surface area contributed by atoms with E-state index < -0.39 is 5.60 Å². The van der Waals surface area contributed by atoms with Crippen molar-refractivity contribution in [2.75, 3.05) is 13.7 Å². The minimum atomic E-state index is -0.923. The highest BCUT2D eigenvalue weighted by molar-refractivity contribution is 6.01. The number of amides is 2. The van der Waals surface area contributed by atoms with Crippen molar-refractivity contribution in [3.8, 4) is 17.2 Å². The van der Waals surface area contributed by atoms with Gasteiger partial charge in [0.2, 0.25) is 6.41 Å². The quantitative estimate of drug-likeness (QED) is 0.346. The standard InChI is InChI=1S/C29H35N3O5.CH3NO/c1-28(2,34)17-36-25-11-10-24-23(16-30-32(24)26(25)18-4-5-18)27(33)31-19-12-29(13-19)14-22(15-29)37-21-8-6-20(35-3)7-9-21;2-1-3/h6-11,16,18-19,22,34H,4-5,12-15,17H2,1-3H3,(H,31,33);1H,(H2,2,3). The Morgan fingerprint density at radius 2 is 1.80 bits per heavy atom. The third kappa shape index (κ3) is 6.01. The van der Waals surface area contributed by atoms with Gasteiger partial charge in [0, 0.05) is 12.0 Å². The number of nitrogens with one attached hydrogen (secondary N) is 1. The van der Waals surface area contributed by atoms with Gasteiger partial charge in [-0.1, -0.05) is 0 Å². The number of benzene rings is 1. The van der Waals surface area contributed by atoms with Crippen LogP contribution in [0.25, 0.3) is 5.52 Å². The highest BCUT2D eigenvalue weighted by Gasteiger charge is 2.54. The summed E-state index contributed by atoms with van der Waals surface area (Å²) < 4.78 is 19.1. The first-order valence-electron chi connectivity index (χ1n) is 13.8. The number of fused-ring (bicyclic) bond motifs is 1. The summed E-state index contributed by atoms with van der Waals surface area (Å²) in [6, 6.07) is 11.7. The molecule has 2 aromatic heterocycles. The first-order valence-corrected chi connectivity index (χ1v) is 13.8. The van der Waals surface area contributed by atoms with Gasteiger partial charge in [0.05, 0.1) is 41.8 Å². The number of hydrogen-bond donors (Lipinski definition) is 3. The molecule has 10 nitrogen and oxygen atoms in total. The number of carbonyl (C=O) groups excluding carboxylic acids is 2. The van der Waals surface area contributed by atoms with Crippen LogP contribution in [0.15, 0.2) is 42.6 Å². The summed E-state index contributed by atoms with van der Waals surface area (Å²) in [7, 11) is 1.66. The number of pyridine rings is 1. The number of nitrogens with two attached hydrogens (primary N) is 1. The second kappa shape index (κ2) is 11.0. The van der Waals surface area contributed by atoms with Crippen molar-refractivity contribution in [2.24, 2.45) is 11.1 Å². The summed E-state index contributed by atoms with van der Waals surface area (Å²) in [5.41, 5.74) is 5.91. The maximum atomic E-state index is 13.2. The van der Waals surface area contributed by atoms with E-state index in [-0.39, 0.29) is 31.1 Å². The van der Waals surface area contributed by atoms with Crippen LogP contribution in [0.1, 0.15) is 74.3 Å². The summed E-state index contributed by atoms with van der Waals surface area (Å²) in [5, 5.41) is 17.9. The van der Waals surface area contributed by atoms with E-state index >= 15 is 0 Å². The predicted octanol–water partition coefficient (Wildman–Crippen LogP) is 3.59. The van der Waals surface area contributed by atoms with Crippen molar-refractivity contribution in [3.05, 3.63) is 53.9 Å². The number of carbonyl (C=O) groups is 2. The molecule has 0 bridgehead atoms. The van der Waals surface area contributed by atoms with E-state index in [2.05, 4.69) is 16.1 Å². The zero-order valence-corrected chi connectivity index (χ0v) is 23.3. The molecule has 2 heterocycles. The van der Waals surface area contributed by atoms with Crippen LogP contribution >= 0.6 is 0 Å². The van der Waals surface area contributed by atoms with Gasteiger partial charge in [0.15, 0.2) is 0 Å². The number of hydrogen-bond acceptors (Lipinski definition) is 7. The van der Waals surface area contributed by atoms with Gasteiger partial charge in [-0.25, -0.2) is 4.52 Å². The third-order valence-electron chi connectivity index (χ3n) is 7.85. The van der Waals surface area contributed by atoms with E-state index in [1.807, 2.05) is 40.9 Å². The average molecular weight is 551 g/mol. The van der Waals surface area contributed by atoms with Crippen LogP contribution in [0, 0.1) is 5.41 Å². The Morgan fingerprint density at radius 3 is 2.40 bits per heavy atom. The van der Waals surface area contributed by atoms with Crippen LogP contribution in [0.4, 0.5) is 0 Å². The molecule has 0 saturated heterocycles. The molecular formula is C30H38N4O6. The molecule has 10 heteroatoms. The van der Waals surface area contributed by atoms with Gasteiger partial charge in [-0.3, -0.25) is 9.59 Å². The molecular weight excluding hydrogens is 512 g/mol. The highest BCUT2D eigenvalue weighted by Crippen LogP contribution is 2.57. The maximum Gasteiger partial charge on any atom is 0.255 e. The van der Waals surface area contributed by atoms with E-state index in [0.717, 1.165) is 67.0 Å². The number of aliphatic hydroxyl groups is 1. The molecule has 0 aliphatic heterocycles. The summed E-state index contributed by atoms with van der Waals surface area (Å²) in [4.78, 5) is 21.8. The Labute approximate surface area is 233 Å². The average Bonchev–Trinajstić information content (AvgIpc) is 3.62. The summed E-state index contributed by atoms with van der Waals surface area (Å²) >= 11 is 0. The Kier molecular flexibility index (Phi) is 7.63. The highest BCUT2D eigenvalue weighted by atomic mass is 16.5. The van der Waals surface area contributed by atoms with Gasteiger partial charge in [0.25, 0.3) is 5.91 Å². The Balaban J connectivity index is 0.00000103. The zero-order chi connectivity index (χ0) is 28.5. The molecule has 1 spiro atoms. The molecule has 1 aromatic carbocycles. The Bertz CT molecular complexity index is 1350. The predicted molar refractivity (Wildman–Crippen MR) is 149 cm³/mol. The zero-order valence-electron chi connectivity index (χ0n) is 23.3. The van der Waals surface area contributed by atoms with Gasteiger partial charge in [-0.05, 0) is 94.2 Å². The van der Waals surface area contributed by atoms with Crippen LogP contribution in [-0.2, 0) is 4.79 Å². The smallest absolute Gasteiger partial charge is 0.255 e. The van der Waals surface area contributed by atoms with Crippen LogP contribution in [0.2, 0.25) is 0 Å². The first kappa shape index (κ1) is 27.8. The van der Waals surface area contributed by atoms with Crippen molar-refractivity contribution in [2.45, 2.75) is 76.0 Å².